The number of aromatic hydroxyl groups is 1. The Bertz CT molecular complexity index is 1420. The fraction of sp³-hybridized carbons (Fsp3) is 0.214. The number of aromatic amines is 1. The number of methoxy groups -OCH3 is 1. The molecule has 0 amide bonds. The van der Waals surface area contributed by atoms with Crippen LogP contribution in [0, 0.1) is 0 Å². The number of likely N-dealkylation sites (N-methyl/N-ethyl adjacent to an activating group) is 1. The van der Waals surface area contributed by atoms with Crippen LogP contribution < -0.4 is 15.2 Å². The zero-order valence-corrected chi connectivity index (χ0v) is 19.9. The van der Waals surface area contributed by atoms with Crippen LogP contribution in [0.5, 0.6) is 11.6 Å². The average Bonchev–Trinajstić information content (AvgIpc) is 2.89. The van der Waals surface area contributed by atoms with Crippen LogP contribution in [0.25, 0.3) is 21.9 Å². The van der Waals surface area contributed by atoms with Gasteiger partial charge in [-0.05, 0) is 66.7 Å². The third kappa shape index (κ3) is 4.76. The molecule has 178 valence electrons. The first-order chi connectivity index (χ1) is 17.0. The number of fused-ring (bicyclic) bond motifs is 1. The Morgan fingerprint density at radius 1 is 0.914 bits per heavy atom. The lowest BCUT2D eigenvalue weighted by molar-refractivity contribution is 0.313. The second kappa shape index (κ2) is 9.64. The molecule has 35 heavy (non-hydrogen) atoms. The lowest BCUT2D eigenvalue weighted by Crippen LogP contribution is -2.44. The highest BCUT2D eigenvalue weighted by Crippen LogP contribution is 2.29. The molecule has 0 bridgehead atoms. The van der Waals surface area contributed by atoms with Gasteiger partial charge in [-0.2, -0.15) is 0 Å². The number of piperazine rings is 1. The lowest BCUT2D eigenvalue weighted by Gasteiger charge is -2.34. The third-order valence-electron chi connectivity index (χ3n) is 6.53. The normalized spacial score (nSPS) is 14.6. The number of benzene rings is 3. The number of nitrogens with one attached hydrogen (secondary N) is 1. The molecule has 1 aromatic heterocycles. The van der Waals surface area contributed by atoms with Crippen molar-refractivity contribution in [1.29, 1.82) is 0 Å². The van der Waals surface area contributed by atoms with Crippen molar-refractivity contribution in [2.24, 2.45) is 4.99 Å². The highest BCUT2D eigenvalue weighted by molar-refractivity contribution is 6.03. The maximum absolute atomic E-state index is 12.5. The van der Waals surface area contributed by atoms with E-state index in [-0.39, 0.29) is 11.4 Å². The molecule has 7 heteroatoms. The highest BCUT2D eigenvalue weighted by atomic mass is 16.5. The van der Waals surface area contributed by atoms with Gasteiger partial charge in [-0.15, -0.1) is 0 Å². The van der Waals surface area contributed by atoms with Crippen molar-refractivity contribution in [2.45, 2.75) is 0 Å². The van der Waals surface area contributed by atoms with Gasteiger partial charge in [-0.25, -0.2) is 0 Å². The Morgan fingerprint density at radius 3 is 2.29 bits per heavy atom. The number of rotatable bonds is 5. The number of aromatic nitrogens is 1. The molecule has 2 heterocycles. The summed E-state index contributed by atoms with van der Waals surface area (Å²) in [6.07, 6.45) is 1.61. The van der Waals surface area contributed by atoms with E-state index in [1.54, 1.807) is 19.4 Å². The van der Waals surface area contributed by atoms with E-state index < -0.39 is 0 Å². The van der Waals surface area contributed by atoms with Crippen molar-refractivity contribution >= 4 is 28.4 Å². The van der Waals surface area contributed by atoms with Crippen LogP contribution >= 0.6 is 0 Å². The van der Waals surface area contributed by atoms with Gasteiger partial charge in [0.1, 0.15) is 5.75 Å². The molecular weight excluding hydrogens is 440 g/mol. The molecule has 0 saturated carbocycles. The maximum Gasteiger partial charge on any atom is 0.258 e. The minimum absolute atomic E-state index is 0.202. The van der Waals surface area contributed by atoms with Gasteiger partial charge in [-0.1, -0.05) is 18.2 Å². The molecule has 1 fully saturated rings. The number of pyridine rings is 1. The number of nitrogens with zero attached hydrogens (tertiary/aromatic N) is 3. The van der Waals surface area contributed by atoms with Crippen LogP contribution in [0.4, 0.5) is 11.4 Å². The molecule has 7 nitrogen and oxygen atoms in total. The molecule has 5 rings (SSSR count). The third-order valence-corrected chi connectivity index (χ3v) is 6.53. The van der Waals surface area contributed by atoms with Crippen molar-refractivity contribution in [2.75, 3.05) is 45.2 Å². The van der Waals surface area contributed by atoms with Crippen molar-refractivity contribution in [3.8, 4) is 22.8 Å². The van der Waals surface area contributed by atoms with Crippen LogP contribution in [-0.4, -0.2) is 61.5 Å². The quantitative estimate of drug-likeness (QED) is 0.424. The van der Waals surface area contributed by atoms with Crippen molar-refractivity contribution in [1.82, 2.24) is 9.88 Å². The lowest BCUT2D eigenvalue weighted by atomic mass is 9.99. The summed E-state index contributed by atoms with van der Waals surface area (Å²) < 4.78 is 5.25. The maximum atomic E-state index is 12.5. The summed E-state index contributed by atoms with van der Waals surface area (Å²) in [7, 11) is 3.77. The van der Waals surface area contributed by atoms with E-state index in [1.165, 1.54) is 5.69 Å². The molecule has 0 unspecified atom stereocenters. The van der Waals surface area contributed by atoms with Gasteiger partial charge in [0.05, 0.1) is 18.4 Å². The first-order valence-corrected chi connectivity index (χ1v) is 11.6. The van der Waals surface area contributed by atoms with E-state index >= 15 is 0 Å². The largest absolute Gasteiger partial charge is 0.497 e. The molecule has 0 aliphatic carbocycles. The van der Waals surface area contributed by atoms with Gasteiger partial charge in [-0.3, -0.25) is 14.8 Å². The van der Waals surface area contributed by atoms with E-state index in [0.717, 1.165) is 48.7 Å². The Labute approximate surface area is 203 Å². The minimum atomic E-state index is -0.340. The van der Waals surface area contributed by atoms with Crippen LogP contribution in [0.15, 0.2) is 76.5 Å². The molecule has 1 aliphatic heterocycles. The fourth-order valence-electron chi connectivity index (χ4n) is 4.38. The van der Waals surface area contributed by atoms with Gasteiger partial charge >= 0.3 is 0 Å². The summed E-state index contributed by atoms with van der Waals surface area (Å²) in [6.45, 7) is 4.12. The molecular formula is C28H28N4O3. The first kappa shape index (κ1) is 22.7. The molecule has 0 spiro atoms. The molecule has 1 aliphatic rings. The van der Waals surface area contributed by atoms with Crippen LogP contribution in [0.1, 0.15) is 5.56 Å². The van der Waals surface area contributed by atoms with E-state index in [2.05, 4.69) is 39.0 Å². The average molecular weight is 469 g/mol. The summed E-state index contributed by atoms with van der Waals surface area (Å²) in [5.74, 6) is 0.572. The molecule has 3 aromatic carbocycles. The molecule has 4 aromatic rings. The molecule has 0 atom stereocenters. The number of ether oxygens (including phenoxy) is 1. The van der Waals surface area contributed by atoms with Crippen LogP contribution in [-0.2, 0) is 0 Å². The van der Waals surface area contributed by atoms with Gasteiger partial charge in [0.25, 0.3) is 5.56 Å². The standard InChI is InChI=1S/C28H28N4O3/c1-31-13-15-32(16-14-31)22-8-6-21(7-9-22)29-18-26-25-17-20(19-3-10-23(35-2)11-4-19)5-12-24(25)27(33)30-28(26)34/h3-12,17-18H,13-16H2,1-2H3,(H2,30,33,34). The van der Waals surface area contributed by atoms with Crippen molar-refractivity contribution in [3.05, 3.63) is 82.6 Å². The summed E-state index contributed by atoms with van der Waals surface area (Å²) in [5, 5.41) is 11.7. The van der Waals surface area contributed by atoms with E-state index in [0.29, 0.717) is 16.3 Å². The number of aliphatic imine (C=N–C) groups is 1. The second-order valence-corrected chi connectivity index (χ2v) is 8.77. The zero-order valence-electron chi connectivity index (χ0n) is 19.9. The van der Waals surface area contributed by atoms with Gasteiger partial charge in [0, 0.05) is 48.9 Å². The van der Waals surface area contributed by atoms with Crippen LogP contribution in [0.3, 0.4) is 0 Å². The SMILES string of the molecule is COc1ccc(-c2ccc3c(=O)[nH]c(O)c(C=Nc4ccc(N5CCN(C)CC5)cc4)c3c2)cc1. The molecule has 1 saturated heterocycles. The second-order valence-electron chi connectivity index (χ2n) is 8.77. The number of hydrogen-bond acceptors (Lipinski definition) is 6. The Morgan fingerprint density at radius 2 is 1.60 bits per heavy atom. The van der Waals surface area contributed by atoms with Gasteiger partial charge in [0.2, 0.25) is 5.88 Å². The minimum Gasteiger partial charge on any atom is -0.497 e. The predicted molar refractivity (Wildman–Crippen MR) is 142 cm³/mol. The Balaban J connectivity index is 1.46. The smallest absolute Gasteiger partial charge is 0.258 e. The fourth-order valence-corrected chi connectivity index (χ4v) is 4.38. The summed E-state index contributed by atoms with van der Waals surface area (Å²) >= 11 is 0. The van der Waals surface area contributed by atoms with Gasteiger partial charge < -0.3 is 19.6 Å². The summed E-state index contributed by atoms with van der Waals surface area (Å²) in [4.78, 5) is 24.3. The van der Waals surface area contributed by atoms with Crippen LogP contribution in [0.2, 0.25) is 0 Å². The van der Waals surface area contributed by atoms with Gasteiger partial charge in [0.15, 0.2) is 0 Å². The molecule has 0 radical (unpaired) electrons. The van der Waals surface area contributed by atoms with Crippen molar-refractivity contribution in [3.63, 3.8) is 0 Å². The summed E-state index contributed by atoms with van der Waals surface area (Å²) in [6, 6.07) is 21.4. The Kier molecular flexibility index (Phi) is 6.25. The zero-order chi connectivity index (χ0) is 24.4. The number of anilines is 1. The van der Waals surface area contributed by atoms with E-state index in [1.807, 2.05) is 48.5 Å². The Hall–Kier alpha value is -4.10. The predicted octanol–water partition coefficient (Wildman–Crippen LogP) is 4.41. The first-order valence-electron chi connectivity index (χ1n) is 11.6. The number of hydrogen-bond donors (Lipinski definition) is 2. The summed E-state index contributed by atoms with van der Waals surface area (Å²) in [5.41, 5.74) is 3.99. The van der Waals surface area contributed by atoms with E-state index in [4.69, 9.17) is 4.74 Å². The highest BCUT2D eigenvalue weighted by Gasteiger charge is 2.14. The topological polar surface area (TPSA) is 81.2 Å². The van der Waals surface area contributed by atoms with E-state index in [9.17, 15) is 9.90 Å². The number of H-pyrrole nitrogens is 1. The molecule has 2 N–H and O–H groups in total. The van der Waals surface area contributed by atoms with Crippen molar-refractivity contribution < 1.29 is 9.84 Å². The monoisotopic (exact) mass is 468 g/mol.